The Bertz CT molecular complexity index is 484. The molecule has 0 bridgehead atoms. The summed E-state index contributed by atoms with van der Waals surface area (Å²) in [4.78, 5) is 6.64. The number of nitrogens with two attached hydrogens (primary N) is 1. The monoisotopic (exact) mass is 299 g/mol. The molecule has 1 aromatic carbocycles. The van der Waals surface area contributed by atoms with Gasteiger partial charge in [0.15, 0.2) is 5.96 Å². The first-order chi connectivity index (χ1) is 9.06. The van der Waals surface area contributed by atoms with Crippen molar-refractivity contribution in [3.05, 3.63) is 33.8 Å². The van der Waals surface area contributed by atoms with E-state index in [-0.39, 0.29) is 6.04 Å². The summed E-state index contributed by atoms with van der Waals surface area (Å²) in [6, 6.07) is 6.06. The Morgan fingerprint density at radius 2 is 2.00 bits per heavy atom. The van der Waals surface area contributed by atoms with Crippen LogP contribution in [0.1, 0.15) is 31.7 Å². The van der Waals surface area contributed by atoms with E-state index < -0.39 is 0 Å². The molecule has 0 aromatic heterocycles. The minimum absolute atomic E-state index is 0.276. The zero-order valence-electron chi connectivity index (χ0n) is 11.2. The standard InChI is InChI=1S/C14H19Cl2N3/c1-3-19(4-2)14(17)18-13-8-10(13)9-5-6-11(15)12(16)7-9/h5-7,10,13H,3-4,8H2,1-2H3,(H2,17,18)/t10-,13+/m0/s1. The second-order valence-electron chi connectivity index (χ2n) is 4.74. The normalized spacial score (nSPS) is 22.4. The first-order valence-corrected chi connectivity index (χ1v) is 7.35. The van der Waals surface area contributed by atoms with E-state index in [1.807, 2.05) is 18.2 Å². The maximum Gasteiger partial charge on any atom is 0.191 e. The van der Waals surface area contributed by atoms with Crippen molar-refractivity contribution in [2.75, 3.05) is 13.1 Å². The van der Waals surface area contributed by atoms with E-state index in [4.69, 9.17) is 28.9 Å². The fourth-order valence-electron chi connectivity index (χ4n) is 2.22. The molecule has 2 N–H and O–H groups in total. The van der Waals surface area contributed by atoms with E-state index in [0.29, 0.717) is 21.9 Å². The molecule has 0 saturated heterocycles. The topological polar surface area (TPSA) is 41.6 Å². The van der Waals surface area contributed by atoms with Crippen LogP contribution in [0.2, 0.25) is 10.0 Å². The van der Waals surface area contributed by atoms with Crippen LogP contribution >= 0.6 is 23.2 Å². The molecule has 0 radical (unpaired) electrons. The van der Waals surface area contributed by atoms with Gasteiger partial charge in [-0.1, -0.05) is 29.3 Å². The first-order valence-electron chi connectivity index (χ1n) is 6.60. The summed E-state index contributed by atoms with van der Waals surface area (Å²) in [7, 11) is 0. The molecule has 2 atom stereocenters. The zero-order valence-corrected chi connectivity index (χ0v) is 12.7. The van der Waals surface area contributed by atoms with Crippen molar-refractivity contribution < 1.29 is 0 Å². The number of nitrogens with zero attached hydrogens (tertiary/aromatic N) is 2. The Kier molecular flexibility index (Phi) is 4.58. The highest BCUT2D eigenvalue weighted by Crippen LogP contribution is 2.44. The van der Waals surface area contributed by atoms with Gasteiger partial charge in [0.2, 0.25) is 0 Å². The molecule has 0 heterocycles. The smallest absolute Gasteiger partial charge is 0.191 e. The van der Waals surface area contributed by atoms with Crippen molar-refractivity contribution in [3.8, 4) is 0 Å². The lowest BCUT2D eigenvalue weighted by atomic mass is 10.1. The van der Waals surface area contributed by atoms with Crippen molar-refractivity contribution in [1.29, 1.82) is 0 Å². The van der Waals surface area contributed by atoms with Gasteiger partial charge in [0.1, 0.15) is 0 Å². The molecule has 0 unspecified atom stereocenters. The SMILES string of the molecule is CCN(CC)C(N)=N[C@@H]1C[C@H]1c1ccc(Cl)c(Cl)c1. The lowest BCUT2D eigenvalue weighted by molar-refractivity contribution is 0.458. The maximum atomic E-state index is 6.03. The molecule has 0 aliphatic heterocycles. The Labute approximate surface area is 124 Å². The predicted molar refractivity (Wildman–Crippen MR) is 82.2 cm³/mol. The van der Waals surface area contributed by atoms with Crippen LogP contribution in [-0.4, -0.2) is 30.0 Å². The van der Waals surface area contributed by atoms with Crippen molar-refractivity contribution in [3.63, 3.8) is 0 Å². The number of halogens is 2. The summed E-state index contributed by atoms with van der Waals surface area (Å²) in [6.07, 6.45) is 1.03. The van der Waals surface area contributed by atoms with Crippen molar-refractivity contribution >= 4 is 29.2 Å². The van der Waals surface area contributed by atoms with E-state index in [1.54, 1.807) is 0 Å². The molecule has 104 valence electrons. The van der Waals surface area contributed by atoms with Gasteiger partial charge in [-0.2, -0.15) is 0 Å². The molecule has 1 saturated carbocycles. The van der Waals surface area contributed by atoms with Gasteiger partial charge in [-0.05, 0) is 38.0 Å². The highest BCUT2D eigenvalue weighted by Gasteiger charge is 2.39. The van der Waals surface area contributed by atoms with E-state index in [2.05, 4.69) is 23.7 Å². The molecular formula is C14H19Cl2N3. The van der Waals surface area contributed by atoms with Crippen LogP contribution in [-0.2, 0) is 0 Å². The van der Waals surface area contributed by atoms with Crippen LogP contribution in [0.5, 0.6) is 0 Å². The third-order valence-corrected chi connectivity index (χ3v) is 4.25. The molecule has 1 aliphatic carbocycles. The third kappa shape index (κ3) is 3.34. The lowest BCUT2D eigenvalue weighted by Gasteiger charge is -2.19. The molecule has 0 spiro atoms. The van der Waals surface area contributed by atoms with E-state index >= 15 is 0 Å². The highest BCUT2D eigenvalue weighted by molar-refractivity contribution is 6.42. The van der Waals surface area contributed by atoms with Crippen molar-refractivity contribution in [2.45, 2.75) is 32.2 Å². The predicted octanol–water partition coefficient (Wildman–Crippen LogP) is 3.51. The summed E-state index contributed by atoms with van der Waals surface area (Å²) in [6.45, 7) is 5.93. The number of benzene rings is 1. The number of hydrogen-bond acceptors (Lipinski definition) is 1. The molecule has 0 amide bonds. The highest BCUT2D eigenvalue weighted by atomic mass is 35.5. The fourth-order valence-corrected chi connectivity index (χ4v) is 2.53. The summed E-state index contributed by atoms with van der Waals surface area (Å²) in [5.74, 6) is 1.06. The van der Waals surface area contributed by atoms with Crippen LogP contribution in [0, 0.1) is 0 Å². The molecule has 1 aromatic rings. The van der Waals surface area contributed by atoms with Gasteiger partial charge in [0.05, 0.1) is 16.1 Å². The van der Waals surface area contributed by atoms with Gasteiger partial charge in [-0.25, -0.2) is 4.99 Å². The molecule has 1 fully saturated rings. The number of hydrogen-bond donors (Lipinski definition) is 1. The number of rotatable bonds is 4. The van der Waals surface area contributed by atoms with Gasteiger partial charge in [-0.15, -0.1) is 0 Å². The molecule has 19 heavy (non-hydrogen) atoms. The van der Waals surface area contributed by atoms with E-state index in [1.165, 1.54) is 5.56 Å². The van der Waals surface area contributed by atoms with Gasteiger partial charge < -0.3 is 10.6 Å². The van der Waals surface area contributed by atoms with Crippen LogP contribution < -0.4 is 5.73 Å². The zero-order chi connectivity index (χ0) is 14.0. The fraction of sp³-hybridized carbons (Fsp3) is 0.500. The van der Waals surface area contributed by atoms with E-state index in [0.717, 1.165) is 19.5 Å². The average Bonchev–Trinajstić information content (AvgIpc) is 3.13. The summed E-state index contributed by atoms with van der Waals surface area (Å²) >= 11 is 12.0. The van der Waals surface area contributed by atoms with Crippen LogP contribution in [0.25, 0.3) is 0 Å². The largest absolute Gasteiger partial charge is 0.370 e. The van der Waals surface area contributed by atoms with Gasteiger partial charge in [-0.3, -0.25) is 0 Å². The quantitative estimate of drug-likeness (QED) is 0.683. The van der Waals surface area contributed by atoms with E-state index in [9.17, 15) is 0 Å². The van der Waals surface area contributed by atoms with Gasteiger partial charge in [0, 0.05) is 19.0 Å². The summed E-state index contributed by atoms with van der Waals surface area (Å²) < 4.78 is 0. The minimum Gasteiger partial charge on any atom is -0.370 e. The second-order valence-corrected chi connectivity index (χ2v) is 5.56. The maximum absolute atomic E-state index is 6.03. The Morgan fingerprint density at radius 1 is 1.32 bits per heavy atom. The minimum atomic E-state index is 0.276. The number of aliphatic imine (C=N–C) groups is 1. The second kappa shape index (κ2) is 6.02. The summed E-state index contributed by atoms with van der Waals surface area (Å²) in [5.41, 5.74) is 7.19. The average molecular weight is 300 g/mol. The first kappa shape index (κ1) is 14.5. The lowest BCUT2D eigenvalue weighted by Crippen LogP contribution is -2.37. The van der Waals surface area contributed by atoms with Gasteiger partial charge in [0.25, 0.3) is 0 Å². The third-order valence-electron chi connectivity index (χ3n) is 3.51. The van der Waals surface area contributed by atoms with Crippen molar-refractivity contribution in [1.82, 2.24) is 4.90 Å². The van der Waals surface area contributed by atoms with Crippen LogP contribution in [0.4, 0.5) is 0 Å². The van der Waals surface area contributed by atoms with Crippen LogP contribution in [0.15, 0.2) is 23.2 Å². The summed E-state index contributed by atoms with van der Waals surface area (Å²) in [5, 5.41) is 1.19. The Balaban J connectivity index is 2.04. The molecule has 3 nitrogen and oxygen atoms in total. The molecule has 1 aliphatic rings. The van der Waals surface area contributed by atoms with Crippen LogP contribution in [0.3, 0.4) is 0 Å². The number of guanidine groups is 1. The van der Waals surface area contributed by atoms with Crippen molar-refractivity contribution in [2.24, 2.45) is 10.7 Å². The molecule has 5 heteroatoms. The van der Waals surface area contributed by atoms with Gasteiger partial charge >= 0.3 is 0 Å². The molecular weight excluding hydrogens is 281 g/mol. The Hall–Kier alpha value is -0.930. The molecule has 2 rings (SSSR count). The Morgan fingerprint density at radius 3 is 2.58 bits per heavy atom.